The van der Waals surface area contributed by atoms with Crippen molar-refractivity contribution in [1.82, 2.24) is 10.6 Å². The van der Waals surface area contributed by atoms with Gasteiger partial charge in [0.2, 0.25) is 5.91 Å². The van der Waals surface area contributed by atoms with Crippen molar-refractivity contribution in [3.63, 3.8) is 0 Å². The van der Waals surface area contributed by atoms with Crippen LogP contribution in [0.4, 0.5) is 0 Å². The van der Waals surface area contributed by atoms with E-state index in [1.165, 1.54) is 28.2 Å². The highest BCUT2D eigenvalue weighted by atomic mass is 32.1. The molecule has 4 rings (SSSR count). The number of benzene rings is 1. The number of hydrogen-bond donors (Lipinski definition) is 2. The molecule has 2 aliphatic rings. The molecule has 3 atom stereocenters. The lowest BCUT2D eigenvalue weighted by Gasteiger charge is -2.39. The average molecular weight is 338 g/mol. The monoisotopic (exact) mass is 338 g/mol. The second kappa shape index (κ2) is 6.91. The lowest BCUT2D eigenvalue weighted by molar-refractivity contribution is -0.130. The van der Waals surface area contributed by atoms with Gasteiger partial charge in [-0.05, 0) is 42.7 Å². The summed E-state index contributed by atoms with van der Waals surface area (Å²) < 4.78 is 0. The largest absolute Gasteiger partial charge is 0.337 e. The van der Waals surface area contributed by atoms with Crippen LogP contribution >= 0.6 is 11.3 Å². The molecule has 24 heavy (non-hydrogen) atoms. The summed E-state index contributed by atoms with van der Waals surface area (Å²) in [7, 11) is 0. The second-order valence-corrected chi connectivity index (χ2v) is 7.69. The van der Waals surface area contributed by atoms with Crippen LogP contribution in [0, 0.1) is 5.92 Å². The molecule has 1 saturated heterocycles. The highest BCUT2D eigenvalue weighted by molar-refractivity contribution is 7.16. The van der Waals surface area contributed by atoms with Crippen LogP contribution < -0.4 is 10.6 Å². The fourth-order valence-corrected chi connectivity index (χ4v) is 4.60. The van der Waals surface area contributed by atoms with E-state index in [0.29, 0.717) is 6.04 Å². The maximum atomic E-state index is 12.3. The number of rotatable bonds is 3. The number of fused-ring (bicyclic) bond motifs is 1. The Hall–Kier alpha value is -1.91. The van der Waals surface area contributed by atoms with Crippen LogP contribution in [0.1, 0.15) is 30.6 Å². The first kappa shape index (κ1) is 15.6. The Balaban J connectivity index is 1.44. The number of carbonyl (C=O) groups is 1. The van der Waals surface area contributed by atoms with Gasteiger partial charge in [-0.1, -0.05) is 43.2 Å². The van der Waals surface area contributed by atoms with Gasteiger partial charge in [-0.2, -0.15) is 0 Å². The molecule has 0 bridgehead atoms. The van der Waals surface area contributed by atoms with Crippen molar-refractivity contribution in [3.8, 4) is 10.4 Å². The molecule has 4 heteroatoms. The molecule has 124 valence electrons. The Morgan fingerprint density at radius 2 is 1.88 bits per heavy atom. The van der Waals surface area contributed by atoms with Crippen LogP contribution in [-0.2, 0) is 4.79 Å². The Labute approximate surface area is 146 Å². The fraction of sp³-hybridized carbons (Fsp3) is 0.350. The van der Waals surface area contributed by atoms with Crippen molar-refractivity contribution < 1.29 is 4.79 Å². The van der Waals surface area contributed by atoms with Gasteiger partial charge < -0.3 is 5.32 Å². The SMILES string of the molecule is O=C1NC(/C=C/c2ccc(-c3ccccc3)s2)NC2CCCCC12. The van der Waals surface area contributed by atoms with E-state index >= 15 is 0 Å². The van der Waals surface area contributed by atoms with Gasteiger partial charge in [-0.3, -0.25) is 10.1 Å². The van der Waals surface area contributed by atoms with E-state index in [9.17, 15) is 4.79 Å². The first-order valence-corrected chi connectivity index (χ1v) is 9.51. The molecule has 1 aliphatic heterocycles. The van der Waals surface area contributed by atoms with Crippen molar-refractivity contribution >= 4 is 23.3 Å². The summed E-state index contributed by atoms with van der Waals surface area (Å²) in [6.07, 6.45) is 8.66. The molecule has 1 aliphatic carbocycles. The molecule has 3 nitrogen and oxygen atoms in total. The third-order valence-electron chi connectivity index (χ3n) is 4.93. The van der Waals surface area contributed by atoms with Gasteiger partial charge in [-0.25, -0.2) is 0 Å². The van der Waals surface area contributed by atoms with Gasteiger partial charge in [0.1, 0.15) is 0 Å². The summed E-state index contributed by atoms with van der Waals surface area (Å²) in [5.74, 6) is 0.374. The summed E-state index contributed by atoms with van der Waals surface area (Å²) in [6, 6.07) is 15.1. The molecular weight excluding hydrogens is 316 g/mol. The van der Waals surface area contributed by atoms with Crippen LogP contribution in [0.5, 0.6) is 0 Å². The zero-order chi connectivity index (χ0) is 16.4. The molecule has 1 amide bonds. The van der Waals surface area contributed by atoms with Gasteiger partial charge in [-0.15, -0.1) is 11.3 Å². The molecule has 1 aromatic carbocycles. The first-order chi connectivity index (χ1) is 11.8. The lowest BCUT2D eigenvalue weighted by atomic mass is 9.82. The van der Waals surface area contributed by atoms with E-state index < -0.39 is 0 Å². The normalized spacial score (nSPS) is 27.0. The Bertz CT molecular complexity index is 737. The van der Waals surface area contributed by atoms with Gasteiger partial charge in [0.25, 0.3) is 0 Å². The minimum absolute atomic E-state index is 0.0564. The topological polar surface area (TPSA) is 41.1 Å². The highest BCUT2D eigenvalue weighted by Gasteiger charge is 2.36. The molecule has 0 spiro atoms. The molecule has 2 N–H and O–H groups in total. The van der Waals surface area contributed by atoms with E-state index in [2.05, 4.69) is 59.2 Å². The van der Waals surface area contributed by atoms with Crippen molar-refractivity contribution in [3.05, 3.63) is 53.4 Å². The van der Waals surface area contributed by atoms with Gasteiger partial charge in [0.05, 0.1) is 12.1 Å². The lowest BCUT2D eigenvalue weighted by Crippen LogP contribution is -2.61. The first-order valence-electron chi connectivity index (χ1n) is 8.69. The number of nitrogens with one attached hydrogen (secondary N) is 2. The predicted molar refractivity (Wildman–Crippen MR) is 99.6 cm³/mol. The van der Waals surface area contributed by atoms with Crippen molar-refractivity contribution in [2.45, 2.75) is 37.9 Å². The smallest absolute Gasteiger partial charge is 0.226 e. The Morgan fingerprint density at radius 3 is 2.75 bits per heavy atom. The van der Waals surface area contributed by atoms with Crippen LogP contribution in [0.25, 0.3) is 16.5 Å². The molecule has 2 fully saturated rings. The summed E-state index contributed by atoms with van der Waals surface area (Å²) in [5.41, 5.74) is 1.25. The molecule has 1 aromatic heterocycles. The molecule has 2 heterocycles. The van der Waals surface area contributed by atoms with Crippen LogP contribution in [0.3, 0.4) is 0 Å². The number of amides is 1. The molecular formula is C20H22N2OS. The van der Waals surface area contributed by atoms with Crippen molar-refractivity contribution in [2.24, 2.45) is 5.92 Å². The van der Waals surface area contributed by atoms with Crippen LogP contribution in [0.2, 0.25) is 0 Å². The summed E-state index contributed by atoms with van der Waals surface area (Å²) >= 11 is 1.77. The van der Waals surface area contributed by atoms with E-state index in [0.717, 1.165) is 12.8 Å². The number of thiophene rings is 1. The van der Waals surface area contributed by atoms with Crippen LogP contribution in [0.15, 0.2) is 48.5 Å². The third kappa shape index (κ3) is 3.30. The minimum Gasteiger partial charge on any atom is -0.337 e. The molecule has 2 aromatic rings. The molecule has 0 radical (unpaired) electrons. The second-order valence-electron chi connectivity index (χ2n) is 6.58. The van der Waals surface area contributed by atoms with E-state index in [4.69, 9.17) is 0 Å². The fourth-order valence-electron chi connectivity index (χ4n) is 3.67. The maximum absolute atomic E-state index is 12.3. The molecule has 3 unspecified atom stereocenters. The summed E-state index contributed by atoms with van der Waals surface area (Å²) in [4.78, 5) is 14.7. The van der Waals surface area contributed by atoms with Crippen LogP contribution in [-0.4, -0.2) is 18.1 Å². The van der Waals surface area contributed by atoms with Gasteiger partial charge >= 0.3 is 0 Å². The Morgan fingerprint density at radius 1 is 1.04 bits per heavy atom. The summed E-state index contributed by atoms with van der Waals surface area (Å²) in [5, 5.41) is 6.67. The van der Waals surface area contributed by atoms with Gasteiger partial charge in [0.15, 0.2) is 0 Å². The van der Waals surface area contributed by atoms with E-state index in [1.807, 2.05) is 6.07 Å². The van der Waals surface area contributed by atoms with Crippen molar-refractivity contribution in [2.75, 3.05) is 0 Å². The Kier molecular flexibility index (Phi) is 4.50. The number of hydrogen-bond acceptors (Lipinski definition) is 3. The standard InChI is InChI=1S/C20H22N2OS/c23-20-16-8-4-5-9-17(16)21-19(22-20)13-11-15-10-12-18(24-15)14-6-2-1-3-7-14/h1-3,6-7,10-13,16-17,19,21H,4-5,8-9H2,(H,22,23)/b13-11+. The quantitative estimate of drug-likeness (QED) is 0.887. The van der Waals surface area contributed by atoms with E-state index in [-0.39, 0.29) is 18.0 Å². The molecule has 1 saturated carbocycles. The minimum atomic E-state index is -0.0564. The van der Waals surface area contributed by atoms with Crippen molar-refractivity contribution in [1.29, 1.82) is 0 Å². The van der Waals surface area contributed by atoms with E-state index in [1.54, 1.807) is 11.3 Å². The zero-order valence-electron chi connectivity index (χ0n) is 13.6. The predicted octanol–water partition coefficient (Wildman–Crippen LogP) is 4.03. The number of carbonyl (C=O) groups excluding carboxylic acids is 1. The highest BCUT2D eigenvalue weighted by Crippen LogP contribution is 2.29. The maximum Gasteiger partial charge on any atom is 0.226 e. The van der Waals surface area contributed by atoms with Gasteiger partial charge in [0, 0.05) is 15.8 Å². The average Bonchev–Trinajstić information content (AvgIpc) is 3.10. The third-order valence-corrected chi connectivity index (χ3v) is 6.03. The zero-order valence-corrected chi connectivity index (χ0v) is 14.4. The summed E-state index contributed by atoms with van der Waals surface area (Å²) in [6.45, 7) is 0.